The van der Waals surface area contributed by atoms with Gasteiger partial charge in [0.2, 0.25) is 0 Å². The number of rotatable bonds is 5. The summed E-state index contributed by atoms with van der Waals surface area (Å²) in [7, 11) is 0. The van der Waals surface area contributed by atoms with E-state index >= 15 is 0 Å². The van der Waals surface area contributed by atoms with E-state index in [1.807, 2.05) is 60.8 Å². The van der Waals surface area contributed by atoms with Crippen LogP contribution in [0, 0.1) is 0 Å². The van der Waals surface area contributed by atoms with Crippen LogP contribution >= 0.6 is 0 Å². The van der Waals surface area contributed by atoms with Crippen LogP contribution in [-0.4, -0.2) is 20.6 Å². The molecule has 0 amide bonds. The number of nitrogen functional groups attached to an aromatic ring is 1. The van der Waals surface area contributed by atoms with Crippen molar-refractivity contribution in [2.45, 2.75) is 37.6 Å². The molecule has 158 valence electrons. The minimum Gasteiger partial charge on any atom is -0.457 e. The number of hydrogen-bond acceptors (Lipinski definition) is 6. The van der Waals surface area contributed by atoms with Crippen LogP contribution in [-0.2, 0) is 0 Å². The summed E-state index contributed by atoms with van der Waals surface area (Å²) >= 11 is 0. The molecule has 0 radical (unpaired) electrons. The second kappa shape index (κ2) is 8.28. The van der Waals surface area contributed by atoms with Gasteiger partial charge in [0, 0.05) is 29.7 Å². The topological polar surface area (TPSA) is 103 Å². The van der Waals surface area contributed by atoms with Crippen molar-refractivity contribution in [2.75, 3.05) is 11.1 Å². The van der Waals surface area contributed by atoms with Gasteiger partial charge < -0.3 is 21.5 Å². The van der Waals surface area contributed by atoms with Crippen molar-refractivity contribution >= 4 is 22.8 Å². The molecule has 1 saturated carbocycles. The van der Waals surface area contributed by atoms with Gasteiger partial charge in [-0.2, -0.15) is 0 Å². The number of fused-ring (bicyclic) bond motifs is 1. The van der Waals surface area contributed by atoms with E-state index in [2.05, 4.69) is 15.4 Å². The van der Waals surface area contributed by atoms with Crippen molar-refractivity contribution in [1.82, 2.24) is 14.6 Å². The van der Waals surface area contributed by atoms with Crippen LogP contribution in [0.3, 0.4) is 0 Å². The molecule has 2 aromatic heterocycles. The predicted molar refractivity (Wildman–Crippen MR) is 123 cm³/mol. The number of nitrogens with one attached hydrogen (secondary N) is 1. The summed E-state index contributed by atoms with van der Waals surface area (Å²) in [4.78, 5) is 4.53. The number of aromatic nitrogens is 3. The number of benzene rings is 2. The highest BCUT2D eigenvalue weighted by atomic mass is 16.5. The van der Waals surface area contributed by atoms with E-state index in [1.54, 1.807) is 10.7 Å². The Kier molecular flexibility index (Phi) is 5.18. The number of hydrogen-bond donors (Lipinski definition) is 3. The molecule has 7 nitrogen and oxygen atoms in total. The molecule has 31 heavy (non-hydrogen) atoms. The minimum absolute atomic E-state index is 0.272. The Hall–Kier alpha value is -3.58. The molecule has 1 fully saturated rings. The van der Waals surface area contributed by atoms with Crippen molar-refractivity contribution in [2.24, 2.45) is 5.73 Å². The van der Waals surface area contributed by atoms with Crippen molar-refractivity contribution < 1.29 is 4.74 Å². The van der Waals surface area contributed by atoms with E-state index in [4.69, 9.17) is 16.2 Å². The summed E-state index contributed by atoms with van der Waals surface area (Å²) < 4.78 is 7.63. The lowest BCUT2D eigenvalue weighted by atomic mass is 9.81. The molecule has 7 heteroatoms. The SMILES string of the molecule is Nc1nn2ccnc2c(Nc2ccc(Oc3ccccc3)cc2)c1[C@H]1CC[C@H](N)CC1. The smallest absolute Gasteiger partial charge is 0.177 e. The molecule has 5 N–H and O–H groups in total. The lowest BCUT2D eigenvalue weighted by Crippen LogP contribution is -2.26. The Balaban J connectivity index is 1.45. The zero-order valence-electron chi connectivity index (χ0n) is 17.2. The van der Waals surface area contributed by atoms with E-state index < -0.39 is 0 Å². The zero-order valence-corrected chi connectivity index (χ0v) is 17.2. The summed E-state index contributed by atoms with van der Waals surface area (Å²) in [5, 5.41) is 8.09. The fourth-order valence-electron chi connectivity index (χ4n) is 4.29. The average molecular weight is 415 g/mol. The standard InChI is InChI=1S/C24H26N6O/c25-17-8-6-16(7-9-17)21-22(24-27-14-15-30(24)29-23(21)26)28-18-10-12-20(13-11-18)31-19-4-2-1-3-5-19/h1-5,10-17,28H,6-9,25H2,(H2,26,29)/t16-,17-. The zero-order chi connectivity index (χ0) is 21.2. The summed E-state index contributed by atoms with van der Waals surface area (Å²) in [5.74, 6) is 2.44. The van der Waals surface area contributed by atoms with Gasteiger partial charge in [0.1, 0.15) is 17.3 Å². The normalized spacial score (nSPS) is 18.7. The average Bonchev–Trinajstić information content (AvgIpc) is 3.25. The molecule has 4 aromatic rings. The van der Waals surface area contributed by atoms with E-state index in [-0.39, 0.29) is 6.04 Å². The third-order valence-corrected chi connectivity index (χ3v) is 5.89. The lowest BCUT2D eigenvalue weighted by Gasteiger charge is -2.28. The number of anilines is 3. The number of nitrogens with two attached hydrogens (primary N) is 2. The fourth-order valence-corrected chi connectivity index (χ4v) is 4.29. The first kappa shape index (κ1) is 19.4. The van der Waals surface area contributed by atoms with E-state index in [0.29, 0.717) is 11.7 Å². The maximum atomic E-state index is 6.42. The predicted octanol–water partition coefficient (Wildman–Crippen LogP) is 4.83. The Morgan fingerprint density at radius 2 is 1.65 bits per heavy atom. The van der Waals surface area contributed by atoms with Gasteiger partial charge in [-0.3, -0.25) is 0 Å². The first-order valence-corrected chi connectivity index (χ1v) is 10.7. The molecular weight excluding hydrogens is 388 g/mol. The van der Waals surface area contributed by atoms with Crippen molar-refractivity contribution in [1.29, 1.82) is 0 Å². The third-order valence-electron chi connectivity index (χ3n) is 5.89. The summed E-state index contributed by atoms with van der Waals surface area (Å²) in [6.45, 7) is 0. The van der Waals surface area contributed by atoms with Gasteiger partial charge in [-0.15, -0.1) is 5.10 Å². The van der Waals surface area contributed by atoms with Crippen molar-refractivity contribution in [3.63, 3.8) is 0 Å². The van der Waals surface area contributed by atoms with Crippen molar-refractivity contribution in [3.8, 4) is 11.5 Å². The van der Waals surface area contributed by atoms with Gasteiger partial charge in [0.05, 0.1) is 5.69 Å². The molecule has 0 bridgehead atoms. The molecule has 1 aliphatic rings. The molecule has 0 atom stereocenters. The highest BCUT2D eigenvalue weighted by Gasteiger charge is 2.27. The molecule has 0 spiro atoms. The second-order valence-electron chi connectivity index (χ2n) is 8.05. The maximum absolute atomic E-state index is 6.42. The van der Waals surface area contributed by atoms with Gasteiger partial charge in [-0.05, 0) is 68.0 Å². The van der Waals surface area contributed by atoms with E-state index in [1.165, 1.54) is 0 Å². The molecule has 0 aliphatic heterocycles. The van der Waals surface area contributed by atoms with Crippen LogP contribution in [0.2, 0.25) is 0 Å². The van der Waals surface area contributed by atoms with Crippen LogP contribution in [0.25, 0.3) is 5.65 Å². The number of ether oxygens (including phenoxy) is 1. The van der Waals surface area contributed by atoms with Crippen LogP contribution in [0.15, 0.2) is 67.0 Å². The van der Waals surface area contributed by atoms with Gasteiger partial charge in [0.25, 0.3) is 0 Å². The third kappa shape index (κ3) is 4.04. The number of para-hydroxylation sites is 1. The van der Waals surface area contributed by atoms with Crippen LogP contribution in [0.5, 0.6) is 11.5 Å². The highest BCUT2D eigenvalue weighted by Crippen LogP contribution is 2.41. The quantitative estimate of drug-likeness (QED) is 0.432. The van der Waals surface area contributed by atoms with Crippen LogP contribution in [0.4, 0.5) is 17.2 Å². The molecule has 0 saturated heterocycles. The second-order valence-corrected chi connectivity index (χ2v) is 8.05. The molecular formula is C24H26N6O. The maximum Gasteiger partial charge on any atom is 0.177 e. The minimum atomic E-state index is 0.272. The van der Waals surface area contributed by atoms with Crippen molar-refractivity contribution in [3.05, 3.63) is 72.6 Å². The Morgan fingerprint density at radius 3 is 2.39 bits per heavy atom. The van der Waals surface area contributed by atoms with Gasteiger partial charge in [-0.1, -0.05) is 18.2 Å². The Labute approximate surface area is 181 Å². The van der Waals surface area contributed by atoms with Gasteiger partial charge in [-0.25, -0.2) is 9.50 Å². The fraction of sp³-hybridized carbons (Fsp3) is 0.250. The molecule has 2 aromatic carbocycles. The van der Waals surface area contributed by atoms with Crippen LogP contribution < -0.4 is 21.5 Å². The Morgan fingerprint density at radius 1 is 0.935 bits per heavy atom. The monoisotopic (exact) mass is 414 g/mol. The number of nitrogens with zero attached hydrogens (tertiary/aromatic N) is 3. The van der Waals surface area contributed by atoms with E-state index in [0.717, 1.165) is 59.8 Å². The number of imidazole rings is 1. The molecule has 2 heterocycles. The lowest BCUT2D eigenvalue weighted by molar-refractivity contribution is 0.396. The Bertz CT molecular complexity index is 1160. The highest BCUT2D eigenvalue weighted by molar-refractivity contribution is 5.80. The van der Waals surface area contributed by atoms with E-state index in [9.17, 15) is 0 Å². The van der Waals surface area contributed by atoms with Gasteiger partial charge in [0.15, 0.2) is 5.65 Å². The summed E-state index contributed by atoms with van der Waals surface area (Å²) in [6.07, 6.45) is 7.55. The van der Waals surface area contributed by atoms with Crippen LogP contribution in [0.1, 0.15) is 37.2 Å². The first-order valence-electron chi connectivity index (χ1n) is 10.7. The molecule has 5 rings (SSSR count). The summed E-state index contributed by atoms with van der Waals surface area (Å²) in [5.41, 5.74) is 16.2. The molecule has 1 aliphatic carbocycles. The van der Waals surface area contributed by atoms with Gasteiger partial charge >= 0.3 is 0 Å². The molecule has 0 unspecified atom stereocenters. The largest absolute Gasteiger partial charge is 0.457 e. The summed E-state index contributed by atoms with van der Waals surface area (Å²) in [6, 6.07) is 17.9. The first-order chi connectivity index (χ1) is 15.2.